The zero-order valence-corrected chi connectivity index (χ0v) is 39.8. The van der Waals surface area contributed by atoms with Gasteiger partial charge in [-0.15, -0.1) is 0 Å². The molecular formula is C48H76O18. The van der Waals surface area contributed by atoms with Crippen LogP contribution in [0.1, 0.15) is 120 Å². The minimum absolute atomic E-state index is 0.0548. The molecule has 4 aliphatic heterocycles. The fourth-order valence-corrected chi connectivity index (χ4v) is 16.6. The van der Waals surface area contributed by atoms with Gasteiger partial charge in [-0.3, -0.25) is 4.79 Å². The molecular weight excluding hydrogens is 865 g/mol. The van der Waals surface area contributed by atoms with E-state index in [2.05, 4.69) is 34.6 Å². The normalized spacial score (nSPS) is 56.7. The number of esters is 1. The molecule has 4 heterocycles. The van der Waals surface area contributed by atoms with E-state index < -0.39 is 121 Å². The van der Waals surface area contributed by atoms with Crippen molar-refractivity contribution in [3.8, 4) is 0 Å². The first-order valence-electron chi connectivity index (χ1n) is 24.5. The van der Waals surface area contributed by atoms with Crippen LogP contribution in [0.25, 0.3) is 0 Å². The predicted octanol–water partition coefficient (Wildman–Crippen LogP) is 1.36. The van der Waals surface area contributed by atoms with Gasteiger partial charge in [0.05, 0.1) is 29.3 Å². The van der Waals surface area contributed by atoms with E-state index in [-0.39, 0.29) is 52.0 Å². The average molecular weight is 941 g/mol. The molecule has 9 aliphatic rings. The minimum atomic E-state index is -1.96. The molecule has 0 radical (unpaired) electrons. The van der Waals surface area contributed by atoms with Crippen LogP contribution in [0.3, 0.4) is 0 Å². The number of aliphatic hydroxyl groups is 8. The van der Waals surface area contributed by atoms with E-state index in [9.17, 15) is 55.5 Å². The standard InChI is InChI=1S/C48H76O18/c1-19-28(49)29(50)33(54)39(60-19)64-35-20(2)61-40(34(55)32(35)53)66-37-31(52)30(51)36(38(56)57)65-41(37)63-25-13-14-45(7)23(43(25,3)4)12-15-47(9)24(45)11-10-21-26-27(44(5,6)59)22-18-48(26,42(58)62-22)17-16-46(21,47)8/h19-37,39-41,49-55,59H,10-18H2,1-9H3,(H,56,57). The van der Waals surface area contributed by atoms with Crippen molar-refractivity contribution in [2.24, 2.45) is 56.7 Å². The number of hydrogen-bond donors (Lipinski definition) is 9. The molecule has 9 rings (SSSR count). The van der Waals surface area contributed by atoms with E-state index >= 15 is 0 Å². The molecule has 0 aromatic rings. The first-order chi connectivity index (χ1) is 30.6. The maximum atomic E-state index is 13.6. The molecule has 1 spiro atoms. The number of carboxylic acids is 1. The summed E-state index contributed by atoms with van der Waals surface area (Å²) in [5, 5.41) is 97.8. The summed E-state index contributed by atoms with van der Waals surface area (Å²) in [6, 6.07) is 0. The highest BCUT2D eigenvalue weighted by molar-refractivity contribution is 5.81. The third kappa shape index (κ3) is 7.07. The lowest BCUT2D eigenvalue weighted by molar-refractivity contribution is -0.384. The Labute approximate surface area is 386 Å². The van der Waals surface area contributed by atoms with Crippen LogP contribution in [0.4, 0.5) is 0 Å². The van der Waals surface area contributed by atoms with Crippen LogP contribution in [0.2, 0.25) is 0 Å². The Morgan fingerprint density at radius 3 is 1.92 bits per heavy atom. The maximum absolute atomic E-state index is 13.6. The summed E-state index contributed by atoms with van der Waals surface area (Å²) in [4.78, 5) is 26.0. The highest BCUT2D eigenvalue weighted by atomic mass is 16.8. The van der Waals surface area contributed by atoms with Crippen molar-refractivity contribution in [1.29, 1.82) is 0 Å². The summed E-state index contributed by atoms with van der Waals surface area (Å²) in [6.45, 7) is 18.4. The summed E-state index contributed by atoms with van der Waals surface area (Å²) in [7, 11) is 0. The van der Waals surface area contributed by atoms with Crippen LogP contribution >= 0.6 is 0 Å². The molecule has 9 fully saturated rings. The number of carboxylic acid groups (broad SMARTS) is 1. The van der Waals surface area contributed by atoms with Crippen molar-refractivity contribution < 1.29 is 88.7 Å². The van der Waals surface area contributed by atoms with Gasteiger partial charge >= 0.3 is 11.9 Å². The van der Waals surface area contributed by atoms with E-state index in [1.54, 1.807) is 0 Å². The lowest BCUT2D eigenvalue weighted by atomic mass is 9.32. The van der Waals surface area contributed by atoms with E-state index in [4.69, 9.17) is 33.2 Å². The summed E-state index contributed by atoms with van der Waals surface area (Å²) >= 11 is 0. The van der Waals surface area contributed by atoms with Crippen LogP contribution in [-0.4, -0.2) is 168 Å². The SMILES string of the molecule is CC1OC(OC2C(C)OC(OC3C(OC4CCC5(C)C(CCC6(C)C5CCC5C7C(C(C)(C)O)C8CC7(CCC56C)C(=O)O8)C4(C)C)OC(C(=O)O)C(O)C3O)C(O)C2O)C(O)C(O)C1O. The molecule has 0 aromatic heterocycles. The van der Waals surface area contributed by atoms with E-state index in [1.165, 1.54) is 13.8 Å². The molecule has 2 bridgehead atoms. The number of carbonyl (C=O) groups is 2. The van der Waals surface area contributed by atoms with Gasteiger partial charge in [-0.2, -0.15) is 0 Å². The summed E-state index contributed by atoms with van der Waals surface area (Å²) in [5.74, 6) is -0.895. The highest BCUT2D eigenvalue weighted by Gasteiger charge is 2.77. The van der Waals surface area contributed by atoms with Crippen LogP contribution < -0.4 is 0 Å². The van der Waals surface area contributed by atoms with Gasteiger partial charge in [0.25, 0.3) is 0 Å². The molecule has 376 valence electrons. The Morgan fingerprint density at radius 1 is 0.652 bits per heavy atom. The maximum Gasteiger partial charge on any atom is 0.335 e. The number of rotatable bonds is 8. The van der Waals surface area contributed by atoms with Crippen molar-refractivity contribution in [3.05, 3.63) is 0 Å². The molecule has 0 amide bonds. The summed E-state index contributed by atoms with van der Waals surface area (Å²) in [5.41, 5.74) is -2.29. The van der Waals surface area contributed by atoms with E-state index in [1.807, 2.05) is 13.8 Å². The van der Waals surface area contributed by atoms with Crippen molar-refractivity contribution in [3.63, 3.8) is 0 Å². The molecule has 26 atom stereocenters. The highest BCUT2D eigenvalue weighted by Crippen LogP contribution is 2.79. The van der Waals surface area contributed by atoms with Crippen molar-refractivity contribution in [1.82, 2.24) is 0 Å². The Kier molecular flexibility index (Phi) is 12.3. The van der Waals surface area contributed by atoms with E-state index in [0.29, 0.717) is 18.8 Å². The number of carbonyl (C=O) groups excluding carboxylic acids is 1. The minimum Gasteiger partial charge on any atom is -0.479 e. The number of fused-ring (bicyclic) bond motifs is 7. The van der Waals surface area contributed by atoms with Crippen molar-refractivity contribution in [2.45, 2.75) is 230 Å². The number of aliphatic hydroxyl groups excluding tert-OH is 7. The van der Waals surface area contributed by atoms with Crippen LogP contribution in [0.15, 0.2) is 0 Å². The molecule has 66 heavy (non-hydrogen) atoms. The lowest BCUT2D eigenvalue weighted by Crippen LogP contribution is -2.68. The van der Waals surface area contributed by atoms with Gasteiger partial charge in [0.1, 0.15) is 61.0 Å². The van der Waals surface area contributed by atoms with E-state index in [0.717, 1.165) is 44.9 Å². The fraction of sp³-hybridized carbons (Fsp3) is 0.958. The second-order valence-electron chi connectivity index (χ2n) is 24.0. The Hall–Kier alpha value is -1.62. The third-order valence-electron chi connectivity index (χ3n) is 20.1. The number of aliphatic carboxylic acids is 1. The summed E-state index contributed by atoms with van der Waals surface area (Å²) < 4.78 is 42.1. The largest absolute Gasteiger partial charge is 0.479 e. The smallest absolute Gasteiger partial charge is 0.335 e. The topological polar surface area (TPSA) is 281 Å². The van der Waals surface area contributed by atoms with Crippen LogP contribution in [0, 0.1) is 56.7 Å². The molecule has 0 aromatic carbocycles. The fourth-order valence-electron chi connectivity index (χ4n) is 16.6. The monoisotopic (exact) mass is 941 g/mol. The molecule has 9 N–H and O–H groups in total. The lowest BCUT2D eigenvalue weighted by Gasteiger charge is -2.73. The molecule has 18 heteroatoms. The Bertz CT molecular complexity index is 1860. The Morgan fingerprint density at radius 2 is 1.27 bits per heavy atom. The molecule has 4 saturated heterocycles. The van der Waals surface area contributed by atoms with Gasteiger partial charge in [0.15, 0.2) is 25.0 Å². The average Bonchev–Trinajstić information content (AvgIpc) is 3.75. The molecule has 5 aliphatic carbocycles. The first kappa shape index (κ1) is 49.4. The van der Waals surface area contributed by atoms with Crippen molar-refractivity contribution >= 4 is 11.9 Å². The van der Waals surface area contributed by atoms with Gasteiger partial charge in [-0.1, -0.05) is 34.6 Å². The predicted molar refractivity (Wildman–Crippen MR) is 227 cm³/mol. The third-order valence-corrected chi connectivity index (χ3v) is 20.1. The Balaban J connectivity index is 0.928. The second-order valence-corrected chi connectivity index (χ2v) is 24.0. The van der Waals surface area contributed by atoms with Gasteiger partial charge in [-0.05, 0) is 124 Å². The second kappa shape index (κ2) is 16.5. The zero-order chi connectivity index (χ0) is 48.2. The number of ether oxygens (including phenoxy) is 7. The van der Waals surface area contributed by atoms with Crippen molar-refractivity contribution in [2.75, 3.05) is 0 Å². The quantitative estimate of drug-likeness (QED) is 0.123. The molecule has 5 saturated carbocycles. The van der Waals surface area contributed by atoms with Gasteiger partial charge in [-0.25, -0.2) is 4.79 Å². The molecule has 26 unspecified atom stereocenters. The van der Waals surface area contributed by atoms with Gasteiger partial charge < -0.3 is 79.1 Å². The number of hydrogen-bond acceptors (Lipinski definition) is 17. The van der Waals surface area contributed by atoms with Crippen LogP contribution in [0.5, 0.6) is 0 Å². The summed E-state index contributed by atoms with van der Waals surface area (Å²) in [6.07, 6.45) is -17.0. The first-order valence-corrected chi connectivity index (χ1v) is 24.5. The van der Waals surface area contributed by atoms with Gasteiger partial charge in [0, 0.05) is 12.3 Å². The van der Waals surface area contributed by atoms with Crippen LogP contribution in [-0.2, 0) is 42.7 Å². The van der Waals surface area contributed by atoms with Gasteiger partial charge in [0.2, 0.25) is 0 Å². The zero-order valence-electron chi connectivity index (χ0n) is 39.8. The molecule has 18 nitrogen and oxygen atoms in total.